The smallest absolute Gasteiger partial charge is 0.240 e. The van der Waals surface area contributed by atoms with E-state index in [1.807, 2.05) is 0 Å². The van der Waals surface area contributed by atoms with Crippen LogP contribution >= 0.6 is 15.9 Å². The minimum absolute atomic E-state index is 0.225. The Labute approximate surface area is 102 Å². The van der Waals surface area contributed by atoms with Gasteiger partial charge in [0.15, 0.2) is 0 Å². The molecule has 0 unspecified atom stereocenters. The maximum Gasteiger partial charge on any atom is 0.240 e. The van der Waals surface area contributed by atoms with Gasteiger partial charge in [0.05, 0.1) is 17.1 Å². The van der Waals surface area contributed by atoms with Crippen LogP contribution in [0.2, 0.25) is 0 Å². The minimum Gasteiger partial charge on any atom is -0.494 e. The molecule has 0 fully saturated rings. The maximum absolute atomic E-state index is 12.9. The summed E-state index contributed by atoms with van der Waals surface area (Å²) < 4.78 is 17.2. The third kappa shape index (κ3) is 3.20. The second-order valence-corrected chi connectivity index (χ2v) is 5.75. The number of amides is 1. The maximum atomic E-state index is 12.9. The SMILES string of the molecule is COc1cc(F)ccc1NC(=O)C(C)(C)Br. The van der Waals surface area contributed by atoms with Crippen molar-refractivity contribution in [3.05, 3.63) is 24.0 Å². The van der Waals surface area contributed by atoms with Gasteiger partial charge >= 0.3 is 0 Å². The molecule has 0 aliphatic carbocycles. The molecule has 1 rings (SSSR count). The Hall–Kier alpha value is -1.10. The number of halogens is 2. The number of carbonyl (C=O) groups is 1. The molecule has 1 amide bonds. The second kappa shape index (κ2) is 4.82. The zero-order valence-electron chi connectivity index (χ0n) is 9.30. The molecule has 0 atom stereocenters. The summed E-state index contributed by atoms with van der Waals surface area (Å²) >= 11 is 3.24. The molecule has 88 valence electrons. The minimum atomic E-state index is -0.688. The van der Waals surface area contributed by atoms with Crippen molar-refractivity contribution in [2.24, 2.45) is 0 Å². The highest BCUT2D eigenvalue weighted by molar-refractivity contribution is 9.10. The van der Waals surface area contributed by atoms with E-state index in [1.165, 1.54) is 25.3 Å². The summed E-state index contributed by atoms with van der Waals surface area (Å²) in [5, 5.41) is 2.65. The summed E-state index contributed by atoms with van der Waals surface area (Å²) in [7, 11) is 1.42. The van der Waals surface area contributed by atoms with E-state index in [9.17, 15) is 9.18 Å². The van der Waals surface area contributed by atoms with E-state index in [2.05, 4.69) is 21.2 Å². The van der Waals surface area contributed by atoms with E-state index in [-0.39, 0.29) is 5.91 Å². The predicted molar refractivity (Wildman–Crippen MR) is 64.6 cm³/mol. The van der Waals surface area contributed by atoms with Crippen LogP contribution in [-0.2, 0) is 4.79 Å². The normalized spacial score (nSPS) is 11.1. The van der Waals surface area contributed by atoms with Gasteiger partial charge in [-0.15, -0.1) is 0 Å². The van der Waals surface area contributed by atoms with Crippen LogP contribution in [0.25, 0.3) is 0 Å². The molecule has 1 N–H and O–H groups in total. The number of benzene rings is 1. The molecule has 0 bridgehead atoms. The van der Waals surface area contributed by atoms with E-state index in [0.717, 1.165) is 0 Å². The lowest BCUT2D eigenvalue weighted by atomic mass is 10.2. The van der Waals surface area contributed by atoms with Crippen molar-refractivity contribution in [1.29, 1.82) is 0 Å². The van der Waals surface area contributed by atoms with Crippen molar-refractivity contribution in [3.8, 4) is 5.75 Å². The fraction of sp³-hybridized carbons (Fsp3) is 0.364. The number of anilines is 1. The lowest BCUT2D eigenvalue weighted by molar-refractivity contribution is -0.117. The quantitative estimate of drug-likeness (QED) is 0.869. The first-order chi connectivity index (χ1) is 7.34. The Bertz CT molecular complexity index is 401. The number of alkyl halides is 1. The average molecular weight is 290 g/mol. The Balaban J connectivity index is 2.93. The molecular weight excluding hydrogens is 277 g/mol. The van der Waals surface area contributed by atoms with Crippen molar-refractivity contribution < 1.29 is 13.9 Å². The second-order valence-electron chi connectivity index (χ2n) is 3.77. The van der Waals surface area contributed by atoms with E-state index in [1.54, 1.807) is 13.8 Å². The Morgan fingerprint density at radius 3 is 2.62 bits per heavy atom. The van der Waals surface area contributed by atoms with Crippen molar-refractivity contribution in [2.75, 3.05) is 12.4 Å². The van der Waals surface area contributed by atoms with E-state index in [4.69, 9.17) is 4.74 Å². The van der Waals surface area contributed by atoms with Gasteiger partial charge in [-0.25, -0.2) is 4.39 Å². The van der Waals surface area contributed by atoms with Crippen LogP contribution in [0.3, 0.4) is 0 Å². The van der Waals surface area contributed by atoms with Crippen LogP contribution in [0.4, 0.5) is 10.1 Å². The molecule has 5 heteroatoms. The van der Waals surface area contributed by atoms with Crippen LogP contribution in [0.5, 0.6) is 5.75 Å². The Morgan fingerprint density at radius 1 is 1.50 bits per heavy atom. The largest absolute Gasteiger partial charge is 0.494 e. The van der Waals surface area contributed by atoms with E-state index < -0.39 is 10.1 Å². The van der Waals surface area contributed by atoms with Gasteiger partial charge in [-0.3, -0.25) is 4.79 Å². The van der Waals surface area contributed by atoms with Crippen molar-refractivity contribution in [1.82, 2.24) is 0 Å². The number of ether oxygens (including phenoxy) is 1. The molecule has 1 aromatic carbocycles. The molecule has 0 aliphatic rings. The van der Waals surface area contributed by atoms with Crippen LogP contribution in [0.1, 0.15) is 13.8 Å². The summed E-state index contributed by atoms with van der Waals surface area (Å²) in [5.74, 6) is -0.338. The third-order valence-corrected chi connectivity index (χ3v) is 2.31. The van der Waals surface area contributed by atoms with Gasteiger partial charge in [-0.1, -0.05) is 15.9 Å². The van der Waals surface area contributed by atoms with Crippen molar-refractivity contribution in [3.63, 3.8) is 0 Å². The van der Waals surface area contributed by atoms with E-state index in [0.29, 0.717) is 11.4 Å². The molecule has 0 saturated heterocycles. The molecule has 3 nitrogen and oxygen atoms in total. The predicted octanol–water partition coefficient (Wildman–Crippen LogP) is 2.95. The standard InChI is InChI=1S/C11H13BrFNO2/c1-11(2,12)10(15)14-8-5-4-7(13)6-9(8)16-3/h4-6H,1-3H3,(H,14,15). The molecule has 16 heavy (non-hydrogen) atoms. The molecule has 0 saturated carbocycles. The number of rotatable bonds is 3. The van der Waals surface area contributed by atoms with Crippen LogP contribution in [0.15, 0.2) is 18.2 Å². The van der Waals surface area contributed by atoms with E-state index >= 15 is 0 Å². The number of hydrogen-bond donors (Lipinski definition) is 1. The highest BCUT2D eigenvalue weighted by Gasteiger charge is 2.24. The third-order valence-electron chi connectivity index (χ3n) is 1.95. The fourth-order valence-electron chi connectivity index (χ4n) is 1.04. The van der Waals surface area contributed by atoms with Gasteiger partial charge in [0.2, 0.25) is 5.91 Å². The van der Waals surface area contributed by atoms with Crippen molar-refractivity contribution in [2.45, 2.75) is 18.2 Å². The molecule has 0 radical (unpaired) electrons. The van der Waals surface area contributed by atoms with Crippen molar-refractivity contribution >= 4 is 27.5 Å². The lowest BCUT2D eigenvalue weighted by Crippen LogP contribution is -2.31. The van der Waals surface area contributed by atoms with Gasteiger partial charge in [-0.05, 0) is 26.0 Å². The first-order valence-electron chi connectivity index (χ1n) is 4.68. The van der Waals surface area contributed by atoms with Crippen LogP contribution < -0.4 is 10.1 Å². The van der Waals surface area contributed by atoms with Gasteiger partial charge in [-0.2, -0.15) is 0 Å². The summed E-state index contributed by atoms with van der Waals surface area (Å²) in [5.41, 5.74) is 0.446. The topological polar surface area (TPSA) is 38.3 Å². The monoisotopic (exact) mass is 289 g/mol. The highest BCUT2D eigenvalue weighted by Crippen LogP contribution is 2.27. The average Bonchev–Trinajstić information content (AvgIpc) is 2.19. The number of hydrogen-bond acceptors (Lipinski definition) is 2. The highest BCUT2D eigenvalue weighted by atomic mass is 79.9. The molecule has 0 aromatic heterocycles. The lowest BCUT2D eigenvalue weighted by Gasteiger charge is -2.17. The number of nitrogens with one attached hydrogen (secondary N) is 1. The van der Waals surface area contributed by atoms with Crippen LogP contribution in [0, 0.1) is 5.82 Å². The zero-order chi connectivity index (χ0) is 12.3. The molecular formula is C11H13BrFNO2. The molecule has 0 spiro atoms. The number of methoxy groups -OCH3 is 1. The van der Waals surface area contributed by atoms with Gasteiger partial charge in [0, 0.05) is 6.07 Å². The Morgan fingerprint density at radius 2 is 2.12 bits per heavy atom. The summed E-state index contributed by atoms with van der Waals surface area (Å²) in [4.78, 5) is 11.7. The molecule has 0 aliphatic heterocycles. The fourth-order valence-corrected chi connectivity index (χ4v) is 1.14. The molecule has 0 heterocycles. The zero-order valence-corrected chi connectivity index (χ0v) is 10.9. The van der Waals surface area contributed by atoms with Crippen LogP contribution in [-0.4, -0.2) is 17.3 Å². The summed E-state index contributed by atoms with van der Waals surface area (Å²) in [6.07, 6.45) is 0. The summed E-state index contributed by atoms with van der Waals surface area (Å²) in [6.45, 7) is 3.44. The molecule has 1 aromatic rings. The first-order valence-corrected chi connectivity index (χ1v) is 5.48. The van der Waals surface area contributed by atoms with Gasteiger partial charge in [0.25, 0.3) is 0 Å². The first kappa shape index (κ1) is 13.0. The summed E-state index contributed by atoms with van der Waals surface area (Å²) in [6, 6.07) is 3.95. The van der Waals surface area contributed by atoms with Gasteiger partial charge < -0.3 is 10.1 Å². The number of carbonyl (C=O) groups excluding carboxylic acids is 1. The van der Waals surface area contributed by atoms with Gasteiger partial charge in [0.1, 0.15) is 11.6 Å². The Kier molecular flexibility index (Phi) is 3.91.